The van der Waals surface area contributed by atoms with Crippen LogP contribution in [0.5, 0.6) is 0 Å². The maximum absolute atomic E-state index is 11.6. The fraction of sp³-hybridized carbons (Fsp3) is 0.538. The van der Waals surface area contributed by atoms with Crippen LogP contribution < -0.4 is 5.32 Å². The predicted octanol–water partition coefficient (Wildman–Crippen LogP) is 4.53. The highest BCUT2D eigenvalue weighted by Gasteiger charge is 2.07. The minimum Gasteiger partial charge on any atom is -0.464 e. The molecule has 3 N–H and O–H groups in total. The molecule has 186 valence electrons. The Morgan fingerprint density at radius 2 is 1.39 bits per heavy atom. The Morgan fingerprint density at radius 1 is 0.848 bits per heavy atom. The van der Waals surface area contributed by atoms with Crippen molar-refractivity contribution >= 4 is 12.1 Å². The Hall–Kier alpha value is -2.64. The summed E-state index contributed by atoms with van der Waals surface area (Å²) in [4.78, 5) is 22.9. The number of carbonyl (C=O) groups is 2. The van der Waals surface area contributed by atoms with Crippen molar-refractivity contribution in [1.82, 2.24) is 5.32 Å². The van der Waals surface area contributed by atoms with Crippen molar-refractivity contribution in [1.29, 1.82) is 0 Å². The molecule has 0 radical (unpaired) electrons. The van der Waals surface area contributed by atoms with Crippen molar-refractivity contribution < 1.29 is 29.3 Å². The van der Waals surface area contributed by atoms with Gasteiger partial charge in [0.15, 0.2) is 0 Å². The summed E-state index contributed by atoms with van der Waals surface area (Å²) in [6.45, 7) is 1.53. The SMILES string of the molecule is CC/C=C\C/C=C\C/C=C\C/C=C\C/C=C\CCCC(=O)OCCNC(=O)OCC(O)CO. The van der Waals surface area contributed by atoms with E-state index < -0.39 is 18.8 Å². The second-order valence-corrected chi connectivity index (χ2v) is 7.18. The molecule has 0 spiro atoms. The topological polar surface area (TPSA) is 105 Å². The third-order valence-electron chi connectivity index (χ3n) is 4.16. The number of alkyl carbamates (subject to hydrolysis) is 1. The summed E-state index contributed by atoms with van der Waals surface area (Å²) in [6.07, 6.45) is 26.3. The summed E-state index contributed by atoms with van der Waals surface area (Å²) < 4.78 is 9.67. The molecule has 1 unspecified atom stereocenters. The molecule has 0 aliphatic heterocycles. The van der Waals surface area contributed by atoms with Gasteiger partial charge in [-0.2, -0.15) is 0 Å². The maximum Gasteiger partial charge on any atom is 0.407 e. The normalized spacial score (nSPS) is 13.1. The largest absolute Gasteiger partial charge is 0.464 e. The van der Waals surface area contributed by atoms with Gasteiger partial charge in [-0.25, -0.2) is 4.79 Å². The van der Waals surface area contributed by atoms with Crippen molar-refractivity contribution in [2.45, 2.75) is 64.4 Å². The standard InChI is InChI=1S/C26H41NO6/c1-2-3-4-5-6-7-8-9-10-11-12-13-14-15-16-17-18-19-25(30)32-21-20-27-26(31)33-23-24(29)22-28/h3-4,6-7,9-10,12-13,15-16,24,28-29H,2,5,8,11,14,17-23H2,1H3,(H,27,31)/b4-3-,7-6-,10-9-,13-12-,16-15-. The molecule has 0 aromatic rings. The Bertz CT molecular complexity index is 637. The number of hydrogen-bond acceptors (Lipinski definition) is 6. The van der Waals surface area contributed by atoms with Gasteiger partial charge in [-0.1, -0.05) is 67.7 Å². The molecule has 0 heterocycles. The third-order valence-corrected chi connectivity index (χ3v) is 4.16. The quantitative estimate of drug-likeness (QED) is 0.148. The van der Waals surface area contributed by atoms with Crippen molar-refractivity contribution in [2.75, 3.05) is 26.4 Å². The maximum atomic E-state index is 11.6. The molecular formula is C26H41NO6. The molecule has 0 saturated heterocycles. The van der Waals surface area contributed by atoms with Crippen LogP contribution in [0.1, 0.15) is 58.3 Å². The van der Waals surface area contributed by atoms with Crippen LogP contribution in [0.25, 0.3) is 0 Å². The minimum absolute atomic E-state index is 0.0537. The van der Waals surface area contributed by atoms with Gasteiger partial charge in [0.2, 0.25) is 0 Å². The molecule has 0 aliphatic rings. The first-order valence-electron chi connectivity index (χ1n) is 11.7. The molecular weight excluding hydrogens is 422 g/mol. The van der Waals surface area contributed by atoms with E-state index in [-0.39, 0.29) is 25.7 Å². The van der Waals surface area contributed by atoms with Gasteiger partial charge in [-0.15, -0.1) is 0 Å². The van der Waals surface area contributed by atoms with Crippen molar-refractivity contribution in [3.05, 3.63) is 60.8 Å². The smallest absolute Gasteiger partial charge is 0.407 e. The molecule has 0 fully saturated rings. The van der Waals surface area contributed by atoms with Crippen LogP contribution in [0.2, 0.25) is 0 Å². The van der Waals surface area contributed by atoms with Gasteiger partial charge in [0.05, 0.1) is 13.2 Å². The Morgan fingerprint density at radius 3 is 1.94 bits per heavy atom. The predicted molar refractivity (Wildman–Crippen MR) is 132 cm³/mol. The number of aliphatic hydroxyl groups is 2. The van der Waals surface area contributed by atoms with E-state index in [1.54, 1.807) is 0 Å². The number of ether oxygens (including phenoxy) is 2. The highest BCUT2D eigenvalue weighted by Crippen LogP contribution is 2.01. The summed E-state index contributed by atoms with van der Waals surface area (Å²) in [5.41, 5.74) is 0. The van der Waals surface area contributed by atoms with Gasteiger partial charge in [-0.05, 0) is 44.9 Å². The van der Waals surface area contributed by atoms with Crippen LogP contribution in [0.3, 0.4) is 0 Å². The lowest BCUT2D eigenvalue weighted by Crippen LogP contribution is -2.31. The van der Waals surface area contributed by atoms with Crippen LogP contribution in [0.4, 0.5) is 4.79 Å². The Balaban J connectivity index is 3.56. The van der Waals surface area contributed by atoms with E-state index in [4.69, 9.17) is 14.9 Å². The molecule has 0 bridgehead atoms. The molecule has 0 aromatic carbocycles. The van der Waals surface area contributed by atoms with Crippen LogP contribution in [0, 0.1) is 0 Å². The van der Waals surface area contributed by atoms with Gasteiger partial charge in [0, 0.05) is 6.42 Å². The number of nitrogens with one attached hydrogen (secondary N) is 1. The summed E-state index contributed by atoms with van der Waals surface area (Å²) in [5.74, 6) is -0.312. The number of aliphatic hydroxyl groups excluding tert-OH is 2. The highest BCUT2D eigenvalue weighted by atomic mass is 16.6. The molecule has 1 atom stereocenters. The zero-order valence-electron chi connectivity index (χ0n) is 19.9. The van der Waals surface area contributed by atoms with E-state index in [1.165, 1.54) is 0 Å². The summed E-state index contributed by atoms with van der Waals surface area (Å²) in [7, 11) is 0. The summed E-state index contributed by atoms with van der Waals surface area (Å²) in [5, 5.41) is 20.0. The molecule has 0 rings (SSSR count). The average Bonchev–Trinajstić information content (AvgIpc) is 2.82. The first-order valence-corrected chi connectivity index (χ1v) is 11.7. The van der Waals surface area contributed by atoms with Gasteiger partial charge in [0.25, 0.3) is 0 Å². The van der Waals surface area contributed by atoms with E-state index in [9.17, 15) is 9.59 Å². The van der Waals surface area contributed by atoms with Crippen LogP contribution in [-0.2, 0) is 14.3 Å². The van der Waals surface area contributed by atoms with Crippen LogP contribution in [0.15, 0.2) is 60.8 Å². The number of esters is 1. The van der Waals surface area contributed by atoms with Crippen LogP contribution in [-0.4, -0.2) is 54.7 Å². The third kappa shape index (κ3) is 23.8. The van der Waals surface area contributed by atoms with Crippen molar-refractivity contribution in [3.63, 3.8) is 0 Å². The Kier molecular flexibility index (Phi) is 22.1. The summed E-state index contributed by atoms with van der Waals surface area (Å²) in [6, 6.07) is 0. The van der Waals surface area contributed by atoms with Gasteiger partial charge < -0.3 is 25.0 Å². The van der Waals surface area contributed by atoms with E-state index in [2.05, 4.69) is 77.7 Å². The number of unbranched alkanes of at least 4 members (excludes halogenated alkanes) is 1. The average molecular weight is 464 g/mol. The number of carbonyl (C=O) groups excluding carboxylic acids is 2. The lowest BCUT2D eigenvalue weighted by molar-refractivity contribution is -0.143. The molecule has 0 saturated carbocycles. The summed E-state index contributed by atoms with van der Waals surface area (Å²) >= 11 is 0. The fourth-order valence-electron chi connectivity index (χ4n) is 2.40. The molecule has 7 nitrogen and oxygen atoms in total. The lowest BCUT2D eigenvalue weighted by Gasteiger charge is -2.09. The molecule has 7 heteroatoms. The van der Waals surface area contributed by atoms with Crippen molar-refractivity contribution in [3.8, 4) is 0 Å². The molecule has 1 amide bonds. The van der Waals surface area contributed by atoms with Gasteiger partial charge in [0.1, 0.15) is 19.3 Å². The first-order chi connectivity index (χ1) is 16.1. The second-order valence-electron chi connectivity index (χ2n) is 7.18. The van der Waals surface area contributed by atoms with Gasteiger partial charge in [-0.3, -0.25) is 4.79 Å². The number of rotatable bonds is 19. The molecule has 0 aliphatic carbocycles. The number of amides is 1. The highest BCUT2D eigenvalue weighted by molar-refractivity contribution is 5.69. The van der Waals surface area contributed by atoms with Crippen LogP contribution >= 0.6 is 0 Å². The first kappa shape index (κ1) is 30.4. The zero-order valence-corrected chi connectivity index (χ0v) is 19.9. The van der Waals surface area contributed by atoms with E-state index in [0.717, 1.165) is 38.5 Å². The Labute approximate surface area is 198 Å². The zero-order chi connectivity index (χ0) is 24.4. The van der Waals surface area contributed by atoms with Gasteiger partial charge >= 0.3 is 12.1 Å². The monoisotopic (exact) mass is 463 g/mol. The van der Waals surface area contributed by atoms with E-state index in [1.807, 2.05) is 0 Å². The number of hydrogen-bond donors (Lipinski definition) is 3. The molecule has 33 heavy (non-hydrogen) atoms. The number of allylic oxidation sites excluding steroid dienone is 10. The molecule has 0 aromatic heterocycles. The van der Waals surface area contributed by atoms with E-state index >= 15 is 0 Å². The van der Waals surface area contributed by atoms with Crippen molar-refractivity contribution in [2.24, 2.45) is 0 Å². The van der Waals surface area contributed by atoms with E-state index in [0.29, 0.717) is 12.8 Å². The lowest BCUT2D eigenvalue weighted by atomic mass is 10.2. The minimum atomic E-state index is -1.10. The fourth-order valence-corrected chi connectivity index (χ4v) is 2.40. The second kappa shape index (κ2) is 24.0.